The predicted molar refractivity (Wildman–Crippen MR) is 101 cm³/mol. The van der Waals surface area contributed by atoms with Crippen molar-refractivity contribution in [1.82, 2.24) is 19.8 Å². The Labute approximate surface area is 159 Å². The highest BCUT2D eigenvalue weighted by atomic mass is 32.2. The Morgan fingerprint density at radius 3 is 2.78 bits per heavy atom. The first kappa shape index (κ1) is 19.9. The zero-order valence-electron chi connectivity index (χ0n) is 15.5. The molecule has 0 amide bonds. The summed E-state index contributed by atoms with van der Waals surface area (Å²) in [6.45, 7) is 2.48. The summed E-state index contributed by atoms with van der Waals surface area (Å²) in [5.74, 6) is -0.283. The molecule has 7 nitrogen and oxygen atoms in total. The molecule has 0 aliphatic carbocycles. The number of aromatic nitrogens is 2. The molecule has 1 saturated heterocycles. The van der Waals surface area contributed by atoms with Gasteiger partial charge >= 0.3 is 0 Å². The third-order valence-corrected chi connectivity index (χ3v) is 5.67. The zero-order valence-corrected chi connectivity index (χ0v) is 16.4. The Balaban J connectivity index is 1.74. The Morgan fingerprint density at radius 1 is 1.37 bits per heavy atom. The summed E-state index contributed by atoms with van der Waals surface area (Å²) in [5, 5.41) is 7.11. The van der Waals surface area contributed by atoms with Crippen LogP contribution in [0, 0.1) is 5.82 Å². The first-order valence-corrected chi connectivity index (χ1v) is 10.7. The third kappa shape index (κ3) is 5.13. The number of nitrogens with zero attached hydrogens (tertiary/aromatic N) is 2. The highest BCUT2D eigenvalue weighted by molar-refractivity contribution is 7.88. The molecule has 9 heteroatoms. The van der Waals surface area contributed by atoms with E-state index in [0.717, 1.165) is 23.4 Å². The molecule has 2 heterocycles. The van der Waals surface area contributed by atoms with E-state index in [2.05, 4.69) is 19.8 Å². The summed E-state index contributed by atoms with van der Waals surface area (Å²) in [6, 6.07) is 6.26. The van der Waals surface area contributed by atoms with Gasteiger partial charge in [0.05, 0.1) is 18.1 Å². The summed E-state index contributed by atoms with van der Waals surface area (Å²) in [6.07, 6.45) is 4.28. The van der Waals surface area contributed by atoms with Crippen molar-refractivity contribution in [3.63, 3.8) is 0 Å². The Morgan fingerprint density at radius 2 is 2.11 bits per heavy atom. The maximum atomic E-state index is 13.2. The normalized spacial score (nSPS) is 21.0. The van der Waals surface area contributed by atoms with Crippen LogP contribution in [0.5, 0.6) is 0 Å². The number of methoxy groups -OCH3 is 1. The number of hydrogen-bond donors (Lipinski definition) is 2. The van der Waals surface area contributed by atoms with Crippen LogP contribution in [-0.4, -0.2) is 62.1 Å². The van der Waals surface area contributed by atoms with Crippen LogP contribution in [0.1, 0.15) is 18.4 Å². The van der Waals surface area contributed by atoms with Crippen molar-refractivity contribution in [2.24, 2.45) is 0 Å². The molecule has 1 fully saturated rings. The smallest absolute Gasteiger partial charge is 0.209 e. The van der Waals surface area contributed by atoms with Gasteiger partial charge in [-0.3, -0.25) is 10.00 Å². The van der Waals surface area contributed by atoms with Crippen LogP contribution in [0.3, 0.4) is 0 Å². The van der Waals surface area contributed by atoms with E-state index >= 15 is 0 Å². The van der Waals surface area contributed by atoms with E-state index in [1.165, 1.54) is 18.4 Å². The van der Waals surface area contributed by atoms with Crippen molar-refractivity contribution < 1.29 is 17.5 Å². The minimum absolute atomic E-state index is 0.283. The molecule has 0 bridgehead atoms. The van der Waals surface area contributed by atoms with E-state index < -0.39 is 15.6 Å². The van der Waals surface area contributed by atoms with Crippen molar-refractivity contribution >= 4 is 10.0 Å². The van der Waals surface area contributed by atoms with Crippen molar-refractivity contribution in [3.05, 3.63) is 41.8 Å². The molecular formula is C18H25FN4O3S. The molecule has 1 atom stereocenters. The van der Waals surface area contributed by atoms with E-state index in [0.29, 0.717) is 32.5 Å². The number of nitrogens with one attached hydrogen (secondary N) is 2. The maximum Gasteiger partial charge on any atom is 0.209 e. The summed E-state index contributed by atoms with van der Waals surface area (Å²) in [5.41, 5.74) is 2.18. The van der Waals surface area contributed by atoms with E-state index in [1.54, 1.807) is 25.4 Å². The maximum absolute atomic E-state index is 13.2. The van der Waals surface area contributed by atoms with Crippen LogP contribution in [0.4, 0.5) is 4.39 Å². The van der Waals surface area contributed by atoms with Crippen molar-refractivity contribution in [2.45, 2.75) is 24.9 Å². The molecule has 0 spiro atoms. The third-order valence-electron chi connectivity index (χ3n) is 4.86. The highest BCUT2D eigenvalue weighted by Crippen LogP contribution is 2.29. The van der Waals surface area contributed by atoms with Gasteiger partial charge in [-0.05, 0) is 37.1 Å². The van der Waals surface area contributed by atoms with Crippen LogP contribution in [0.25, 0.3) is 11.3 Å². The molecule has 0 radical (unpaired) electrons. The summed E-state index contributed by atoms with van der Waals surface area (Å²) < 4.78 is 44.8. The van der Waals surface area contributed by atoms with E-state index in [1.807, 2.05) is 0 Å². The molecule has 1 aromatic heterocycles. The van der Waals surface area contributed by atoms with Crippen LogP contribution >= 0.6 is 0 Å². The lowest BCUT2D eigenvalue weighted by atomic mass is 9.96. The largest absolute Gasteiger partial charge is 0.385 e. The lowest BCUT2D eigenvalue weighted by molar-refractivity contribution is 0.161. The molecule has 148 valence electrons. The number of likely N-dealkylation sites (tertiary alicyclic amines) is 1. The topological polar surface area (TPSA) is 87.3 Å². The molecule has 1 aliphatic rings. The molecule has 0 saturated carbocycles. The van der Waals surface area contributed by atoms with Gasteiger partial charge in [0, 0.05) is 50.0 Å². The molecule has 1 unspecified atom stereocenters. The quantitative estimate of drug-likeness (QED) is 0.710. The number of H-pyrrole nitrogens is 1. The van der Waals surface area contributed by atoms with Gasteiger partial charge in [0.1, 0.15) is 5.82 Å². The summed E-state index contributed by atoms with van der Waals surface area (Å²) >= 11 is 0. The minimum atomic E-state index is -3.32. The van der Waals surface area contributed by atoms with Crippen LogP contribution in [-0.2, 0) is 21.3 Å². The van der Waals surface area contributed by atoms with E-state index in [4.69, 9.17) is 4.74 Å². The molecule has 2 aromatic rings. The zero-order chi connectivity index (χ0) is 19.5. The number of aromatic amines is 1. The van der Waals surface area contributed by atoms with Gasteiger partial charge in [0.25, 0.3) is 0 Å². The van der Waals surface area contributed by atoms with Gasteiger partial charge in [-0.25, -0.2) is 17.5 Å². The van der Waals surface area contributed by atoms with Gasteiger partial charge in [0.2, 0.25) is 10.0 Å². The highest BCUT2D eigenvalue weighted by Gasteiger charge is 2.40. The lowest BCUT2D eigenvalue weighted by Crippen LogP contribution is -2.50. The van der Waals surface area contributed by atoms with Gasteiger partial charge in [-0.15, -0.1) is 0 Å². The molecule has 3 rings (SSSR count). The van der Waals surface area contributed by atoms with Gasteiger partial charge in [-0.2, -0.15) is 5.10 Å². The fourth-order valence-corrected chi connectivity index (χ4v) is 4.72. The van der Waals surface area contributed by atoms with Crippen LogP contribution in [0.2, 0.25) is 0 Å². The molecule has 1 aromatic carbocycles. The summed E-state index contributed by atoms with van der Waals surface area (Å²) in [4.78, 5) is 2.20. The number of sulfonamides is 1. The first-order valence-electron chi connectivity index (χ1n) is 8.79. The second-order valence-electron chi connectivity index (χ2n) is 7.14. The average molecular weight is 396 g/mol. The standard InChI is InChI=1S/C18H25FN4O3S/c1-26-10-8-18(22-27(2,24)25)7-9-23(13-18)12-15-11-20-21-17(15)14-3-5-16(19)6-4-14/h3-6,11,22H,7-10,12-13H2,1-2H3,(H,20,21). The predicted octanol–water partition coefficient (Wildman–Crippen LogP) is 1.75. The molecule has 27 heavy (non-hydrogen) atoms. The van der Waals surface area contributed by atoms with Gasteiger partial charge in [0.15, 0.2) is 0 Å². The Bertz CT molecular complexity index is 869. The number of rotatable bonds is 8. The fraction of sp³-hybridized carbons (Fsp3) is 0.500. The SMILES string of the molecule is COCCC1(NS(C)(=O)=O)CCN(Cc2cn[nH]c2-c2ccc(F)cc2)C1. The second kappa shape index (κ2) is 8.05. The molecular weight excluding hydrogens is 371 g/mol. The fourth-order valence-electron chi connectivity index (χ4n) is 3.66. The number of ether oxygens (including phenoxy) is 1. The van der Waals surface area contributed by atoms with Crippen molar-refractivity contribution in [2.75, 3.05) is 33.1 Å². The molecule has 1 aliphatic heterocycles. The number of benzene rings is 1. The number of halogens is 1. The average Bonchev–Trinajstić information content (AvgIpc) is 3.20. The second-order valence-corrected chi connectivity index (χ2v) is 8.88. The molecule has 2 N–H and O–H groups in total. The lowest BCUT2D eigenvalue weighted by Gasteiger charge is -2.29. The monoisotopic (exact) mass is 396 g/mol. The van der Waals surface area contributed by atoms with Crippen molar-refractivity contribution in [1.29, 1.82) is 0 Å². The van der Waals surface area contributed by atoms with Crippen LogP contribution in [0.15, 0.2) is 30.5 Å². The van der Waals surface area contributed by atoms with Gasteiger partial charge in [-0.1, -0.05) is 0 Å². The Hall–Kier alpha value is -1.81. The van der Waals surface area contributed by atoms with E-state index in [-0.39, 0.29) is 5.82 Å². The first-order chi connectivity index (χ1) is 12.8. The minimum Gasteiger partial charge on any atom is -0.385 e. The van der Waals surface area contributed by atoms with Crippen LogP contribution < -0.4 is 4.72 Å². The van der Waals surface area contributed by atoms with Gasteiger partial charge < -0.3 is 4.74 Å². The van der Waals surface area contributed by atoms with E-state index in [9.17, 15) is 12.8 Å². The van der Waals surface area contributed by atoms with Crippen molar-refractivity contribution in [3.8, 4) is 11.3 Å². The number of hydrogen-bond acceptors (Lipinski definition) is 5. The summed E-state index contributed by atoms with van der Waals surface area (Å²) in [7, 11) is -1.71. The Kier molecular flexibility index (Phi) is 5.95.